The van der Waals surface area contributed by atoms with Crippen LogP contribution in [0.4, 0.5) is 0 Å². The molecule has 0 N–H and O–H groups in total. The van der Waals surface area contributed by atoms with Crippen LogP contribution in [0.25, 0.3) is 0 Å². The molecule has 0 aliphatic heterocycles. The molecule has 0 aliphatic rings. The highest BCUT2D eigenvalue weighted by molar-refractivity contribution is 5.69. The van der Waals surface area contributed by atoms with Crippen molar-refractivity contribution in [3.05, 3.63) is 65.7 Å². The molecule has 0 bridgehead atoms. The Kier molecular flexibility index (Phi) is 15.7. The molecular weight excluding hydrogens is 458 g/mol. The molecule has 0 amide bonds. The molecule has 0 aliphatic carbocycles. The van der Waals surface area contributed by atoms with Crippen molar-refractivity contribution in [2.45, 2.75) is 96.9 Å². The number of aryl methyl sites for hydroxylation is 1. The number of carbonyl (C=O) groups excluding carboxylic acids is 1. The van der Waals surface area contributed by atoms with Crippen LogP contribution in [0, 0.1) is 0 Å². The summed E-state index contributed by atoms with van der Waals surface area (Å²) in [5.74, 6) is 0.872. The van der Waals surface area contributed by atoms with Crippen molar-refractivity contribution in [2.75, 3.05) is 33.9 Å². The van der Waals surface area contributed by atoms with Crippen molar-refractivity contribution in [2.24, 2.45) is 0 Å². The molecule has 37 heavy (non-hydrogen) atoms. The van der Waals surface area contributed by atoms with Crippen LogP contribution in [0.1, 0.15) is 95.1 Å². The molecule has 0 aromatic heterocycles. The number of hydrogen-bond donors (Lipinski definition) is 0. The second-order valence-corrected chi connectivity index (χ2v) is 11.0. The van der Waals surface area contributed by atoms with Gasteiger partial charge in [-0.05, 0) is 24.5 Å². The second-order valence-electron chi connectivity index (χ2n) is 11.0. The minimum absolute atomic E-state index is 0.106. The minimum atomic E-state index is -0.106. The topological polar surface area (TPSA) is 35.5 Å². The third kappa shape index (κ3) is 14.9. The van der Waals surface area contributed by atoms with E-state index in [1.165, 1.54) is 68.9 Å². The Hall–Kier alpha value is -2.33. The van der Waals surface area contributed by atoms with E-state index in [0.29, 0.717) is 26.1 Å². The summed E-state index contributed by atoms with van der Waals surface area (Å²) in [6.07, 6.45) is 15.2. The molecule has 2 aromatic rings. The first-order valence-corrected chi connectivity index (χ1v) is 14.7. The lowest BCUT2D eigenvalue weighted by Gasteiger charge is -2.29. The molecule has 0 radical (unpaired) electrons. The monoisotopic (exact) mass is 510 g/mol. The Bertz CT molecular complexity index is 850. The van der Waals surface area contributed by atoms with Gasteiger partial charge in [0.2, 0.25) is 0 Å². The number of hydrogen-bond acceptors (Lipinski definition) is 3. The quantitative estimate of drug-likeness (QED) is 0.0966. The Morgan fingerprint density at radius 1 is 0.730 bits per heavy atom. The number of quaternary nitrogens is 1. The fraction of sp³-hybridized carbons (Fsp3) is 0.606. The first-order chi connectivity index (χ1) is 18.0. The molecular formula is C33H52NO3+. The van der Waals surface area contributed by atoms with E-state index >= 15 is 0 Å². The number of nitrogens with zero attached hydrogens (tertiary/aromatic N) is 1. The van der Waals surface area contributed by atoms with Crippen LogP contribution < -0.4 is 4.74 Å². The standard InChI is InChI=1S/C33H52NO3/c1-4-5-6-7-8-9-10-11-15-22-31-23-16-17-24-32(31)36-27-19-28-37-33(35)25-18-26-34(2,3)29-30-20-13-12-14-21-30/h12-14,16-17,20-21,23-24H,4-11,15,18-19,22,25-29H2,1-3H3/q+1. The van der Waals surface area contributed by atoms with E-state index in [0.717, 1.165) is 36.2 Å². The first-order valence-electron chi connectivity index (χ1n) is 14.7. The van der Waals surface area contributed by atoms with Crippen LogP contribution in [0.3, 0.4) is 0 Å². The van der Waals surface area contributed by atoms with E-state index < -0.39 is 0 Å². The number of esters is 1. The number of rotatable bonds is 21. The predicted octanol–water partition coefficient (Wildman–Crippen LogP) is 8.13. The van der Waals surface area contributed by atoms with Crippen LogP contribution >= 0.6 is 0 Å². The molecule has 0 fully saturated rings. The molecule has 0 unspecified atom stereocenters. The smallest absolute Gasteiger partial charge is 0.306 e. The van der Waals surface area contributed by atoms with E-state index in [1.54, 1.807) is 0 Å². The van der Waals surface area contributed by atoms with Gasteiger partial charge in [0.15, 0.2) is 0 Å². The Labute approximate surface area is 227 Å². The summed E-state index contributed by atoms with van der Waals surface area (Å²) in [5, 5.41) is 0. The molecule has 206 valence electrons. The van der Waals surface area contributed by atoms with Gasteiger partial charge in [-0.3, -0.25) is 4.79 Å². The molecule has 4 heteroatoms. The third-order valence-electron chi connectivity index (χ3n) is 6.93. The number of unbranched alkanes of at least 4 members (excludes halogenated alkanes) is 8. The maximum atomic E-state index is 12.2. The van der Waals surface area contributed by atoms with Crippen LogP contribution in [-0.2, 0) is 22.5 Å². The molecule has 0 saturated heterocycles. The maximum Gasteiger partial charge on any atom is 0.306 e. The fourth-order valence-electron chi connectivity index (χ4n) is 4.78. The van der Waals surface area contributed by atoms with Crippen molar-refractivity contribution in [3.8, 4) is 5.75 Å². The zero-order valence-corrected chi connectivity index (χ0v) is 23.9. The lowest BCUT2D eigenvalue weighted by atomic mass is 10.0. The lowest BCUT2D eigenvalue weighted by molar-refractivity contribution is -0.903. The summed E-state index contributed by atoms with van der Waals surface area (Å²) >= 11 is 0. The Morgan fingerprint density at radius 3 is 2.11 bits per heavy atom. The fourth-order valence-corrected chi connectivity index (χ4v) is 4.78. The van der Waals surface area contributed by atoms with Crippen molar-refractivity contribution in [3.63, 3.8) is 0 Å². The van der Waals surface area contributed by atoms with Crippen molar-refractivity contribution in [1.82, 2.24) is 0 Å². The maximum absolute atomic E-state index is 12.2. The summed E-state index contributed by atoms with van der Waals surface area (Å²) < 4.78 is 12.4. The molecule has 0 heterocycles. The van der Waals surface area contributed by atoms with E-state index in [-0.39, 0.29) is 5.97 Å². The van der Waals surface area contributed by atoms with E-state index in [9.17, 15) is 4.79 Å². The largest absolute Gasteiger partial charge is 0.493 e. The molecule has 2 rings (SSSR count). The number of carbonyl (C=O) groups is 1. The second kappa shape index (κ2) is 18.8. The van der Waals surface area contributed by atoms with Gasteiger partial charge in [0.25, 0.3) is 0 Å². The van der Waals surface area contributed by atoms with E-state index in [4.69, 9.17) is 9.47 Å². The molecule has 0 atom stereocenters. The van der Waals surface area contributed by atoms with Crippen molar-refractivity contribution >= 4 is 5.97 Å². The van der Waals surface area contributed by atoms with Crippen LogP contribution in [0.5, 0.6) is 5.75 Å². The third-order valence-corrected chi connectivity index (χ3v) is 6.93. The summed E-state index contributed by atoms with van der Waals surface area (Å²) in [6, 6.07) is 18.9. The Morgan fingerprint density at radius 2 is 1.38 bits per heavy atom. The molecule has 4 nitrogen and oxygen atoms in total. The van der Waals surface area contributed by atoms with Crippen molar-refractivity contribution in [1.29, 1.82) is 0 Å². The number of benzene rings is 2. The zero-order chi connectivity index (χ0) is 26.6. The average molecular weight is 511 g/mol. The summed E-state index contributed by atoms with van der Waals surface area (Å²) in [6.45, 7) is 5.18. The van der Waals surface area contributed by atoms with E-state index in [2.05, 4.69) is 63.5 Å². The lowest BCUT2D eigenvalue weighted by Crippen LogP contribution is -2.39. The number of para-hydroxylation sites is 1. The van der Waals surface area contributed by atoms with Gasteiger partial charge in [-0.1, -0.05) is 107 Å². The predicted molar refractivity (Wildman–Crippen MR) is 155 cm³/mol. The average Bonchev–Trinajstić information content (AvgIpc) is 2.88. The van der Waals surface area contributed by atoms with Gasteiger partial charge in [-0.2, -0.15) is 0 Å². The van der Waals surface area contributed by atoms with Gasteiger partial charge in [0.05, 0.1) is 40.3 Å². The van der Waals surface area contributed by atoms with Gasteiger partial charge in [0, 0.05) is 18.4 Å². The molecule has 0 saturated carbocycles. The summed E-state index contributed by atoms with van der Waals surface area (Å²) in [4.78, 5) is 12.2. The van der Waals surface area contributed by atoms with Gasteiger partial charge in [0.1, 0.15) is 12.3 Å². The van der Waals surface area contributed by atoms with Crippen LogP contribution in [-0.4, -0.2) is 44.3 Å². The SMILES string of the molecule is CCCCCCCCCCCc1ccccc1OCCCOC(=O)CCC[N+](C)(C)Cc1ccccc1. The first kappa shape index (κ1) is 30.9. The summed E-state index contributed by atoms with van der Waals surface area (Å²) in [7, 11) is 4.42. The van der Waals surface area contributed by atoms with E-state index in [1.807, 2.05) is 12.1 Å². The molecule has 2 aromatic carbocycles. The zero-order valence-electron chi connectivity index (χ0n) is 23.9. The normalized spacial score (nSPS) is 11.4. The highest BCUT2D eigenvalue weighted by Crippen LogP contribution is 2.21. The number of ether oxygens (including phenoxy) is 2. The minimum Gasteiger partial charge on any atom is -0.493 e. The Balaban J connectivity index is 1.53. The van der Waals surface area contributed by atoms with Crippen LogP contribution in [0.15, 0.2) is 54.6 Å². The summed E-state index contributed by atoms with van der Waals surface area (Å²) in [5.41, 5.74) is 2.61. The highest BCUT2D eigenvalue weighted by Gasteiger charge is 2.16. The van der Waals surface area contributed by atoms with Gasteiger partial charge < -0.3 is 14.0 Å². The molecule has 0 spiro atoms. The van der Waals surface area contributed by atoms with Crippen molar-refractivity contribution < 1.29 is 18.8 Å². The van der Waals surface area contributed by atoms with Gasteiger partial charge in [-0.15, -0.1) is 0 Å². The van der Waals surface area contributed by atoms with Gasteiger partial charge >= 0.3 is 5.97 Å². The van der Waals surface area contributed by atoms with Gasteiger partial charge in [-0.25, -0.2) is 0 Å². The highest BCUT2D eigenvalue weighted by atomic mass is 16.5. The van der Waals surface area contributed by atoms with Crippen LogP contribution in [0.2, 0.25) is 0 Å².